The van der Waals surface area contributed by atoms with Crippen molar-refractivity contribution in [3.8, 4) is 11.5 Å². The van der Waals surface area contributed by atoms with Gasteiger partial charge in [-0.3, -0.25) is 0 Å². The number of ether oxygens (including phenoxy) is 4. The van der Waals surface area contributed by atoms with Crippen molar-refractivity contribution < 1.29 is 32.9 Å². The Hall–Kier alpha value is -2.51. The van der Waals surface area contributed by atoms with Crippen LogP contribution in [0.4, 0.5) is 9.18 Å². The zero-order valence-electron chi connectivity index (χ0n) is 15.3. The molecule has 1 atom stereocenters. The largest absolute Gasteiger partial charge is 0.493 e. The number of rotatable bonds is 6. The van der Waals surface area contributed by atoms with E-state index in [1.165, 1.54) is 27.4 Å². The highest BCUT2D eigenvalue weighted by molar-refractivity contribution is 5.81. The molecule has 0 bridgehead atoms. The SMILES string of the molecule is COC(=O)[C@H](Cc1cc(OC)c(OC)cc1F)NC(=O)OC(C)(C)C. The summed E-state index contributed by atoms with van der Waals surface area (Å²) in [6.45, 7) is 5.06. The number of halogens is 1. The number of benzene rings is 1. The van der Waals surface area contributed by atoms with Crippen molar-refractivity contribution in [2.75, 3.05) is 21.3 Å². The lowest BCUT2D eigenvalue weighted by Crippen LogP contribution is -2.45. The first-order valence-corrected chi connectivity index (χ1v) is 7.59. The quantitative estimate of drug-likeness (QED) is 0.788. The van der Waals surface area contributed by atoms with Gasteiger partial charge in [0.15, 0.2) is 11.5 Å². The third kappa shape index (κ3) is 6.13. The summed E-state index contributed by atoms with van der Waals surface area (Å²) in [7, 11) is 3.98. The molecule has 1 aromatic rings. The molecule has 1 rings (SSSR count). The minimum absolute atomic E-state index is 0.141. The fourth-order valence-corrected chi connectivity index (χ4v) is 2.06. The molecule has 0 aromatic heterocycles. The molecule has 1 amide bonds. The van der Waals surface area contributed by atoms with Crippen molar-refractivity contribution in [1.29, 1.82) is 0 Å². The predicted octanol–water partition coefficient (Wildman–Crippen LogP) is 2.45. The molecule has 140 valence electrons. The first-order chi connectivity index (χ1) is 11.6. The molecule has 0 radical (unpaired) electrons. The molecule has 7 nitrogen and oxygen atoms in total. The molecule has 0 fully saturated rings. The summed E-state index contributed by atoms with van der Waals surface area (Å²) in [5.74, 6) is -0.796. The number of methoxy groups -OCH3 is 3. The molecule has 1 N–H and O–H groups in total. The number of alkyl carbamates (subject to hydrolysis) is 1. The normalized spacial score (nSPS) is 12.1. The summed E-state index contributed by atoms with van der Waals surface area (Å²) in [4.78, 5) is 23.8. The van der Waals surface area contributed by atoms with Crippen LogP contribution in [-0.4, -0.2) is 45.0 Å². The summed E-state index contributed by atoms with van der Waals surface area (Å²) in [6, 6.07) is 1.43. The van der Waals surface area contributed by atoms with Gasteiger partial charge in [0.25, 0.3) is 0 Å². The molecule has 25 heavy (non-hydrogen) atoms. The van der Waals surface area contributed by atoms with Crippen molar-refractivity contribution >= 4 is 12.1 Å². The summed E-state index contributed by atoms with van der Waals surface area (Å²) in [5, 5.41) is 2.39. The van der Waals surface area contributed by atoms with Crippen LogP contribution in [0.25, 0.3) is 0 Å². The van der Waals surface area contributed by atoms with Gasteiger partial charge >= 0.3 is 12.1 Å². The van der Waals surface area contributed by atoms with E-state index < -0.39 is 29.5 Å². The number of hydrogen-bond donors (Lipinski definition) is 1. The monoisotopic (exact) mass is 357 g/mol. The number of hydrogen-bond acceptors (Lipinski definition) is 6. The van der Waals surface area contributed by atoms with Crippen molar-refractivity contribution in [3.05, 3.63) is 23.5 Å². The maximum Gasteiger partial charge on any atom is 0.408 e. The van der Waals surface area contributed by atoms with Crippen LogP contribution in [0.5, 0.6) is 11.5 Å². The third-order valence-electron chi connectivity index (χ3n) is 3.15. The number of amides is 1. The molecule has 0 aliphatic carbocycles. The highest BCUT2D eigenvalue weighted by atomic mass is 19.1. The van der Waals surface area contributed by atoms with Gasteiger partial charge in [0, 0.05) is 12.5 Å². The van der Waals surface area contributed by atoms with Crippen LogP contribution >= 0.6 is 0 Å². The molecule has 0 saturated carbocycles. The number of esters is 1. The van der Waals surface area contributed by atoms with E-state index in [9.17, 15) is 14.0 Å². The van der Waals surface area contributed by atoms with E-state index in [0.717, 1.165) is 6.07 Å². The Bertz CT molecular complexity index is 626. The molecule has 0 aliphatic rings. The molecule has 0 unspecified atom stereocenters. The van der Waals surface area contributed by atoms with Crippen LogP contribution in [0.2, 0.25) is 0 Å². The van der Waals surface area contributed by atoms with Crippen LogP contribution in [0.15, 0.2) is 12.1 Å². The predicted molar refractivity (Wildman–Crippen MR) is 88.4 cm³/mol. The summed E-state index contributed by atoms with van der Waals surface area (Å²) in [5.41, 5.74) is -0.580. The van der Waals surface area contributed by atoms with E-state index in [-0.39, 0.29) is 17.7 Å². The van der Waals surface area contributed by atoms with E-state index in [4.69, 9.17) is 14.2 Å². The van der Waals surface area contributed by atoms with Crippen LogP contribution < -0.4 is 14.8 Å². The van der Waals surface area contributed by atoms with Gasteiger partial charge in [0.2, 0.25) is 0 Å². The van der Waals surface area contributed by atoms with E-state index in [1.54, 1.807) is 20.8 Å². The average Bonchev–Trinajstić information content (AvgIpc) is 2.52. The average molecular weight is 357 g/mol. The lowest BCUT2D eigenvalue weighted by atomic mass is 10.0. The standard InChI is InChI=1S/C17H24FNO6/c1-17(2,3)25-16(21)19-12(15(20)24-6)7-10-8-13(22-4)14(23-5)9-11(10)18/h8-9,12H,7H2,1-6H3,(H,19,21)/t12-/m0/s1. The Morgan fingerprint density at radius 3 is 2.16 bits per heavy atom. The minimum atomic E-state index is -1.12. The third-order valence-corrected chi connectivity index (χ3v) is 3.15. The number of nitrogens with one attached hydrogen (secondary N) is 1. The van der Waals surface area contributed by atoms with Crippen molar-refractivity contribution in [2.24, 2.45) is 0 Å². The fourth-order valence-electron chi connectivity index (χ4n) is 2.06. The topological polar surface area (TPSA) is 83.1 Å². The summed E-state index contributed by atoms with van der Waals surface area (Å²) >= 11 is 0. The molecule has 8 heteroatoms. The molecule has 0 aliphatic heterocycles. The van der Waals surface area contributed by atoms with Gasteiger partial charge in [-0.1, -0.05) is 0 Å². The molecule has 0 spiro atoms. The second kappa shape index (κ2) is 8.55. The van der Waals surface area contributed by atoms with Crippen molar-refractivity contribution in [3.63, 3.8) is 0 Å². The molecule has 0 saturated heterocycles. The Morgan fingerprint density at radius 2 is 1.68 bits per heavy atom. The number of carbonyl (C=O) groups is 2. The van der Waals surface area contributed by atoms with E-state index >= 15 is 0 Å². The van der Waals surface area contributed by atoms with Gasteiger partial charge in [-0.25, -0.2) is 14.0 Å². The van der Waals surface area contributed by atoms with Gasteiger partial charge in [0.05, 0.1) is 21.3 Å². The van der Waals surface area contributed by atoms with Crippen LogP contribution in [0.1, 0.15) is 26.3 Å². The second-order valence-electron chi connectivity index (χ2n) is 6.22. The van der Waals surface area contributed by atoms with Crippen LogP contribution in [0, 0.1) is 5.82 Å². The smallest absolute Gasteiger partial charge is 0.408 e. The summed E-state index contributed by atoms with van der Waals surface area (Å²) < 4.78 is 34.2. The Kier molecular flexibility index (Phi) is 7.02. The Balaban J connectivity index is 3.03. The molecular weight excluding hydrogens is 333 g/mol. The Labute approximate surface area is 146 Å². The lowest BCUT2D eigenvalue weighted by molar-refractivity contribution is -0.143. The second-order valence-corrected chi connectivity index (χ2v) is 6.22. The zero-order chi connectivity index (χ0) is 19.2. The molecule has 0 heterocycles. The van der Waals surface area contributed by atoms with Crippen molar-refractivity contribution in [2.45, 2.75) is 38.8 Å². The maximum atomic E-state index is 14.3. The summed E-state index contributed by atoms with van der Waals surface area (Å²) in [6.07, 6.45) is -0.943. The zero-order valence-corrected chi connectivity index (χ0v) is 15.3. The first kappa shape index (κ1) is 20.5. The van der Waals surface area contributed by atoms with Crippen LogP contribution in [0.3, 0.4) is 0 Å². The van der Waals surface area contributed by atoms with Gasteiger partial charge < -0.3 is 24.3 Å². The minimum Gasteiger partial charge on any atom is -0.493 e. The van der Waals surface area contributed by atoms with Gasteiger partial charge in [-0.2, -0.15) is 0 Å². The van der Waals surface area contributed by atoms with E-state index in [0.29, 0.717) is 5.75 Å². The highest BCUT2D eigenvalue weighted by Crippen LogP contribution is 2.30. The molecular formula is C17H24FNO6. The lowest BCUT2D eigenvalue weighted by Gasteiger charge is -2.23. The van der Waals surface area contributed by atoms with Gasteiger partial charge in [-0.05, 0) is 32.4 Å². The number of carbonyl (C=O) groups excluding carboxylic acids is 2. The Morgan fingerprint density at radius 1 is 1.12 bits per heavy atom. The first-order valence-electron chi connectivity index (χ1n) is 7.59. The van der Waals surface area contributed by atoms with Gasteiger partial charge in [0.1, 0.15) is 17.5 Å². The van der Waals surface area contributed by atoms with Crippen molar-refractivity contribution in [1.82, 2.24) is 5.32 Å². The highest BCUT2D eigenvalue weighted by Gasteiger charge is 2.27. The maximum absolute atomic E-state index is 14.3. The van der Waals surface area contributed by atoms with Crippen LogP contribution in [-0.2, 0) is 20.7 Å². The van der Waals surface area contributed by atoms with Gasteiger partial charge in [-0.15, -0.1) is 0 Å². The van der Waals surface area contributed by atoms with E-state index in [1.807, 2.05) is 0 Å². The fraction of sp³-hybridized carbons (Fsp3) is 0.529. The van der Waals surface area contributed by atoms with E-state index in [2.05, 4.69) is 10.1 Å². The molecule has 1 aromatic carbocycles.